The van der Waals surface area contributed by atoms with Crippen LogP contribution in [0.4, 0.5) is 4.79 Å². The minimum absolute atomic E-state index is 0.0303. The van der Waals surface area contributed by atoms with Crippen LogP contribution in [0.2, 0.25) is 0 Å². The fourth-order valence-electron chi connectivity index (χ4n) is 6.19. The van der Waals surface area contributed by atoms with Gasteiger partial charge < -0.3 is 24.9 Å². The van der Waals surface area contributed by atoms with E-state index in [-0.39, 0.29) is 25.2 Å². The maximum atomic E-state index is 13.6. The molecule has 0 aromatic carbocycles. The van der Waals surface area contributed by atoms with Gasteiger partial charge in [-0.15, -0.1) is 12.1 Å². The van der Waals surface area contributed by atoms with E-state index in [9.17, 15) is 29.7 Å². The van der Waals surface area contributed by atoms with Crippen LogP contribution < -0.4 is 5.48 Å². The summed E-state index contributed by atoms with van der Waals surface area (Å²) in [5.74, 6) is -5.82. The topological polar surface area (TPSA) is 142 Å². The highest BCUT2D eigenvalue weighted by Crippen LogP contribution is 2.66. The number of hydrogen-bond acceptors (Lipinski definition) is 8. The van der Waals surface area contributed by atoms with Gasteiger partial charge >= 0.3 is 12.1 Å². The van der Waals surface area contributed by atoms with Crippen molar-refractivity contribution in [3.8, 4) is 0 Å². The first-order valence-corrected chi connectivity index (χ1v) is 12.0. The number of carbonyl (C=O) groups is 3. The van der Waals surface area contributed by atoms with Gasteiger partial charge in [-0.2, -0.15) is 0 Å². The zero-order chi connectivity index (χ0) is 26.3. The minimum atomic E-state index is -2.33. The Morgan fingerprint density at radius 3 is 2.26 bits per heavy atom. The van der Waals surface area contributed by atoms with Crippen LogP contribution in [0.5, 0.6) is 0 Å². The number of aliphatic hydroxyl groups excluding tert-OH is 1. The molecule has 1 amide bonds. The summed E-state index contributed by atoms with van der Waals surface area (Å²) >= 11 is 0. The summed E-state index contributed by atoms with van der Waals surface area (Å²) < 4.78 is 5.43. The van der Waals surface area contributed by atoms with E-state index < -0.39 is 63.9 Å². The van der Waals surface area contributed by atoms with Crippen molar-refractivity contribution in [3.63, 3.8) is 0 Å². The second-order valence-electron chi connectivity index (χ2n) is 11.3. The predicted octanol–water partition coefficient (Wildman–Crippen LogP) is 2.87. The summed E-state index contributed by atoms with van der Waals surface area (Å²) in [6.45, 7) is 15.6. The van der Waals surface area contributed by atoms with Gasteiger partial charge in [0.05, 0.1) is 17.4 Å². The van der Waals surface area contributed by atoms with E-state index in [2.05, 4.69) is 6.58 Å². The number of amides is 1. The van der Waals surface area contributed by atoms with Gasteiger partial charge in [0.1, 0.15) is 5.60 Å². The summed E-state index contributed by atoms with van der Waals surface area (Å²) in [4.78, 5) is 42.6. The smallest absolute Gasteiger partial charge is 0.414 e. The Morgan fingerprint density at radius 1 is 1.15 bits per heavy atom. The van der Waals surface area contributed by atoms with Crippen LogP contribution >= 0.6 is 0 Å². The third-order valence-corrected chi connectivity index (χ3v) is 8.17. The number of allylic oxidation sites excluding steroid dienone is 1. The third-order valence-electron chi connectivity index (χ3n) is 8.17. The molecule has 0 aliphatic heterocycles. The van der Waals surface area contributed by atoms with Crippen molar-refractivity contribution in [2.75, 3.05) is 0 Å². The molecule has 4 N–H and O–H groups in total. The van der Waals surface area contributed by atoms with Crippen LogP contribution in [0, 0.1) is 34.5 Å². The average molecular weight is 484 g/mol. The SMILES string of the molecule is C=C[C@@H](C)CC(=O)[C@@]1(O)[C@@H](C)C[C@@H](O)[C@H]2C(C)(C)CC[C@@](O)(OC(=O)NOC(=O)C(C)C)[C@@]21C. The van der Waals surface area contributed by atoms with Gasteiger partial charge in [0, 0.05) is 18.8 Å². The molecule has 0 bridgehead atoms. The molecule has 0 spiro atoms. The van der Waals surface area contributed by atoms with Crippen LogP contribution in [0.25, 0.3) is 0 Å². The highest BCUT2D eigenvalue weighted by molar-refractivity contribution is 5.89. The fraction of sp³-hybridized carbons (Fsp3) is 0.800. The fourth-order valence-corrected chi connectivity index (χ4v) is 6.19. The second kappa shape index (κ2) is 9.59. The zero-order valence-electron chi connectivity index (χ0n) is 21.4. The average Bonchev–Trinajstić information content (AvgIpc) is 2.73. The highest BCUT2D eigenvalue weighted by Gasteiger charge is 2.76. The van der Waals surface area contributed by atoms with E-state index in [0.717, 1.165) is 0 Å². The largest absolute Gasteiger partial charge is 0.443 e. The molecule has 0 aromatic heterocycles. The van der Waals surface area contributed by atoms with Crippen LogP contribution in [0.3, 0.4) is 0 Å². The van der Waals surface area contributed by atoms with Gasteiger partial charge in [-0.3, -0.25) is 4.79 Å². The van der Waals surface area contributed by atoms with Gasteiger partial charge in [0.2, 0.25) is 5.79 Å². The van der Waals surface area contributed by atoms with Gasteiger partial charge in [-0.1, -0.05) is 47.6 Å². The van der Waals surface area contributed by atoms with E-state index in [1.165, 1.54) is 6.92 Å². The van der Waals surface area contributed by atoms with Crippen LogP contribution in [0.15, 0.2) is 12.7 Å². The molecule has 0 radical (unpaired) electrons. The van der Waals surface area contributed by atoms with Crippen molar-refractivity contribution >= 4 is 17.8 Å². The number of Topliss-reactive ketones (excluding diaryl/α,β-unsaturated/α-hetero) is 1. The summed E-state index contributed by atoms with van der Waals surface area (Å²) in [5, 5.41) is 35.1. The number of nitrogens with one attached hydrogen (secondary N) is 1. The minimum Gasteiger partial charge on any atom is -0.414 e. The number of aliphatic hydroxyl groups is 3. The standard InChI is InChI=1S/C25H41NO8/c1-9-15(4)12-18(28)25(32)16(5)13-17(27)19-22(6,7)10-11-24(31,23(19,25)8)33-21(30)26-34-20(29)14(2)3/h9,14-17,19,27,31-32H,1,10-13H2,2-8H3,(H,26,30)/t15-,16+,17-,19+,23-,24-,25+/m1/s1. The first-order valence-electron chi connectivity index (χ1n) is 12.0. The van der Waals surface area contributed by atoms with Gasteiger partial charge in [0.15, 0.2) is 5.78 Å². The van der Waals surface area contributed by atoms with E-state index in [1.807, 2.05) is 19.3 Å². The molecule has 9 heteroatoms. The Balaban J connectivity index is 2.57. The molecule has 2 aliphatic carbocycles. The Kier molecular flexibility index (Phi) is 7.97. The summed E-state index contributed by atoms with van der Waals surface area (Å²) in [6.07, 6.45) is -0.227. The lowest BCUT2D eigenvalue weighted by atomic mass is 9.41. The molecule has 2 aliphatic rings. The molecule has 0 heterocycles. The Labute approximate surface area is 201 Å². The molecule has 0 aromatic rings. The first kappa shape index (κ1) is 28.3. The molecule has 7 atom stereocenters. The first-order chi connectivity index (χ1) is 15.5. The normalized spacial score (nSPS) is 37.8. The number of hydroxylamine groups is 1. The summed E-state index contributed by atoms with van der Waals surface area (Å²) in [6, 6.07) is 0. The van der Waals surface area contributed by atoms with Crippen molar-refractivity contribution in [2.24, 2.45) is 34.5 Å². The predicted molar refractivity (Wildman–Crippen MR) is 124 cm³/mol. The quantitative estimate of drug-likeness (QED) is 0.257. The lowest BCUT2D eigenvalue weighted by Gasteiger charge is -2.67. The van der Waals surface area contributed by atoms with Crippen molar-refractivity contribution in [2.45, 2.75) is 91.6 Å². The maximum absolute atomic E-state index is 13.6. The number of carbonyl (C=O) groups excluding carboxylic acids is 3. The Hall–Kier alpha value is -1.97. The van der Waals surface area contributed by atoms with Crippen LogP contribution in [-0.4, -0.2) is 50.7 Å². The Morgan fingerprint density at radius 2 is 1.74 bits per heavy atom. The number of ketones is 1. The number of ether oxygens (including phenoxy) is 1. The van der Waals surface area contributed by atoms with Crippen molar-refractivity contribution < 1.29 is 39.3 Å². The molecule has 194 valence electrons. The zero-order valence-corrected chi connectivity index (χ0v) is 21.4. The molecule has 0 unspecified atom stereocenters. The molecule has 2 saturated carbocycles. The van der Waals surface area contributed by atoms with Crippen molar-refractivity contribution in [1.29, 1.82) is 0 Å². The molecule has 2 fully saturated rings. The van der Waals surface area contributed by atoms with E-state index in [4.69, 9.17) is 9.57 Å². The molecule has 9 nitrogen and oxygen atoms in total. The molecule has 0 saturated heterocycles. The van der Waals surface area contributed by atoms with Crippen molar-refractivity contribution in [3.05, 3.63) is 12.7 Å². The summed E-state index contributed by atoms with van der Waals surface area (Å²) in [5.41, 5.74) is -2.60. The third kappa shape index (κ3) is 4.50. The number of rotatable bonds is 6. The van der Waals surface area contributed by atoms with Crippen LogP contribution in [-0.2, 0) is 19.2 Å². The van der Waals surface area contributed by atoms with E-state index in [1.54, 1.807) is 33.8 Å². The number of hydrogen-bond donors (Lipinski definition) is 4. The van der Waals surface area contributed by atoms with E-state index in [0.29, 0.717) is 6.42 Å². The molecular weight excluding hydrogens is 442 g/mol. The highest BCUT2D eigenvalue weighted by atomic mass is 16.7. The monoisotopic (exact) mass is 483 g/mol. The van der Waals surface area contributed by atoms with Crippen LogP contribution in [0.1, 0.15) is 74.1 Å². The maximum Gasteiger partial charge on any atom is 0.443 e. The lowest BCUT2D eigenvalue weighted by Crippen LogP contribution is -2.78. The molecule has 34 heavy (non-hydrogen) atoms. The Bertz CT molecular complexity index is 826. The summed E-state index contributed by atoms with van der Waals surface area (Å²) in [7, 11) is 0. The van der Waals surface area contributed by atoms with Crippen molar-refractivity contribution in [1.82, 2.24) is 5.48 Å². The van der Waals surface area contributed by atoms with Gasteiger partial charge in [-0.25, -0.2) is 9.59 Å². The number of fused-ring (bicyclic) bond motifs is 1. The van der Waals surface area contributed by atoms with E-state index >= 15 is 0 Å². The van der Waals surface area contributed by atoms with Gasteiger partial charge in [0.25, 0.3) is 0 Å². The molecular formula is C25H41NO8. The van der Waals surface area contributed by atoms with Gasteiger partial charge in [-0.05, 0) is 37.0 Å². The second-order valence-corrected chi connectivity index (χ2v) is 11.3. The lowest BCUT2D eigenvalue weighted by molar-refractivity contribution is -0.362. The molecule has 2 rings (SSSR count).